The fraction of sp³-hybridized carbons (Fsp3) is 0.694. The number of carbonyl (C=O) groups is 5. The summed E-state index contributed by atoms with van der Waals surface area (Å²) in [5.74, 6) is -1.25. The summed E-state index contributed by atoms with van der Waals surface area (Å²) in [6.45, 7) is 17.7. The lowest BCUT2D eigenvalue weighted by molar-refractivity contribution is -0.148. The van der Waals surface area contributed by atoms with Crippen LogP contribution in [-0.2, 0) is 49.5 Å². The number of carbonyl (C=O) groups excluding carboxylic acids is 5. The zero-order valence-electron chi connectivity index (χ0n) is 31.7. The molecular formula is C36H63N5O10. The van der Waals surface area contributed by atoms with Crippen molar-refractivity contribution in [2.45, 2.75) is 80.4 Å². The van der Waals surface area contributed by atoms with Crippen molar-refractivity contribution >= 4 is 35.4 Å². The van der Waals surface area contributed by atoms with Crippen molar-refractivity contribution in [2.24, 2.45) is 23.5 Å². The van der Waals surface area contributed by atoms with Gasteiger partial charge in [0, 0.05) is 25.3 Å². The average molecular weight is 726 g/mol. The van der Waals surface area contributed by atoms with Crippen molar-refractivity contribution < 1.29 is 47.7 Å². The monoisotopic (exact) mass is 725 g/mol. The first kappa shape index (κ1) is 47.2. The van der Waals surface area contributed by atoms with Gasteiger partial charge in [-0.1, -0.05) is 60.6 Å². The maximum atomic E-state index is 12.7. The van der Waals surface area contributed by atoms with Crippen molar-refractivity contribution in [3.8, 4) is 0 Å². The Labute approximate surface area is 303 Å². The van der Waals surface area contributed by atoms with Gasteiger partial charge in [0.1, 0.15) is 12.6 Å². The van der Waals surface area contributed by atoms with Crippen LogP contribution in [0.4, 0.5) is 10.5 Å². The Bertz CT molecular complexity index is 1120. The number of amides is 5. The van der Waals surface area contributed by atoms with E-state index in [0.717, 1.165) is 25.0 Å². The van der Waals surface area contributed by atoms with Crippen LogP contribution in [0.15, 0.2) is 24.3 Å². The number of esters is 1. The number of rotatable bonds is 26. The summed E-state index contributed by atoms with van der Waals surface area (Å²) in [6, 6.07) is 5.61. The van der Waals surface area contributed by atoms with E-state index < -0.39 is 23.9 Å². The molecule has 0 bridgehead atoms. The molecule has 51 heavy (non-hydrogen) atoms. The Morgan fingerprint density at radius 1 is 0.725 bits per heavy atom. The highest BCUT2D eigenvalue weighted by Gasteiger charge is 2.24. The maximum absolute atomic E-state index is 12.7. The molecule has 0 saturated heterocycles. The van der Waals surface area contributed by atoms with Gasteiger partial charge in [-0.15, -0.1) is 0 Å². The summed E-state index contributed by atoms with van der Waals surface area (Å²) in [5, 5.41) is 10.4. The zero-order valence-corrected chi connectivity index (χ0v) is 31.7. The van der Waals surface area contributed by atoms with Gasteiger partial charge in [-0.05, 0) is 42.4 Å². The van der Waals surface area contributed by atoms with Gasteiger partial charge in [0.2, 0.25) is 17.7 Å². The zero-order chi connectivity index (χ0) is 38.4. The Balaban J connectivity index is 0.00000321. The van der Waals surface area contributed by atoms with E-state index in [1.165, 1.54) is 0 Å². The molecule has 0 aromatic heterocycles. The molecular weight excluding hydrogens is 662 g/mol. The lowest BCUT2D eigenvalue weighted by Crippen LogP contribution is -2.51. The van der Waals surface area contributed by atoms with Crippen LogP contribution in [0.25, 0.3) is 0 Å². The minimum Gasteiger partial charge on any atom is -0.461 e. The quantitative estimate of drug-likeness (QED) is 0.0697. The van der Waals surface area contributed by atoms with Crippen molar-refractivity contribution in [3.63, 3.8) is 0 Å². The van der Waals surface area contributed by atoms with E-state index in [0.29, 0.717) is 57.8 Å². The Kier molecular flexibility index (Phi) is 27.7. The number of primary amides is 1. The van der Waals surface area contributed by atoms with Crippen molar-refractivity contribution in [3.05, 3.63) is 29.8 Å². The first-order valence-corrected chi connectivity index (χ1v) is 17.7. The van der Waals surface area contributed by atoms with E-state index in [1.807, 2.05) is 20.8 Å². The van der Waals surface area contributed by atoms with Crippen LogP contribution in [0, 0.1) is 17.8 Å². The van der Waals surface area contributed by atoms with E-state index in [4.69, 9.17) is 29.4 Å². The second kappa shape index (κ2) is 29.9. The van der Waals surface area contributed by atoms with Gasteiger partial charge in [-0.25, -0.2) is 4.79 Å². The number of urea groups is 1. The third-order valence-corrected chi connectivity index (χ3v) is 6.76. The number of hydrogen-bond acceptors (Lipinski definition) is 10. The molecule has 292 valence electrons. The molecule has 1 unspecified atom stereocenters. The summed E-state index contributed by atoms with van der Waals surface area (Å²) < 4.78 is 27.0. The van der Waals surface area contributed by atoms with E-state index in [-0.39, 0.29) is 49.9 Å². The summed E-state index contributed by atoms with van der Waals surface area (Å²) in [4.78, 5) is 58.9. The molecule has 0 radical (unpaired) electrons. The number of benzene rings is 1. The molecule has 1 aromatic rings. The third kappa shape index (κ3) is 27.6. The summed E-state index contributed by atoms with van der Waals surface area (Å²) in [5.41, 5.74) is 6.05. The number of nitrogens with one attached hydrogen (secondary N) is 4. The summed E-state index contributed by atoms with van der Waals surface area (Å²) in [6.07, 6.45) is 2.06. The molecule has 0 saturated carbocycles. The summed E-state index contributed by atoms with van der Waals surface area (Å²) >= 11 is 0. The van der Waals surface area contributed by atoms with E-state index in [2.05, 4.69) is 35.1 Å². The summed E-state index contributed by atoms with van der Waals surface area (Å²) in [7, 11) is 0. The molecule has 0 spiro atoms. The van der Waals surface area contributed by atoms with Crippen LogP contribution >= 0.6 is 0 Å². The molecule has 15 nitrogen and oxygen atoms in total. The Morgan fingerprint density at radius 3 is 1.75 bits per heavy atom. The van der Waals surface area contributed by atoms with Crippen molar-refractivity contribution in [1.82, 2.24) is 16.0 Å². The van der Waals surface area contributed by atoms with Gasteiger partial charge in [-0.3, -0.25) is 19.2 Å². The van der Waals surface area contributed by atoms with Crippen LogP contribution < -0.4 is 27.0 Å². The SMILES string of the molecule is CC(C)CCOCCOCCOCCOCCC(=O)NC(C(=O)NCC(=O)Nc1ccc(COC(=O)C(C)C)cc1)C(C)C.CCCNC(N)=O. The van der Waals surface area contributed by atoms with E-state index in [1.54, 1.807) is 38.1 Å². The molecule has 6 N–H and O–H groups in total. The lowest BCUT2D eigenvalue weighted by atomic mass is 10.0. The topological polar surface area (TPSA) is 206 Å². The van der Waals surface area contributed by atoms with Crippen LogP contribution in [0.3, 0.4) is 0 Å². The standard InChI is InChI=1S/C32H53N3O9.C4H10N2O/c1-23(2)11-13-40-15-17-42-19-20-43-18-16-41-14-12-28(36)35-30(24(3)4)31(38)33-21-29(37)34-27-9-7-26(8-10-27)22-44-32(39)25(5)6;1-2-3-6-4(5)7/h7-10,23-25,30H,11-22H2,1-6H3,(H,33,38)(H,34,37)(H,35,36);2-3H2,1H3,(H3,5,6,7). The molecule has 0 fully saturated rings. The highest BCUT2D eigenvalue weighted by atomic mass is 16.6. The number of nitrogens with two attached hydrogens (primary N) is 1. The van der Waals surface area contributed by atoms with Crippen molar-refractivity contribution in [1.29, 1.82) is 0 Å². The predicted molar refractivity (Wildman–Crippen MR) is 195 cm³/mol. The molecule has 1 rings (SSSR count). The smallest absolute Gasteiger partial charge is 0.312 e. The lowest BCUT2D eigenvalue weighted by Gasteiger charge is -2.21. The number of anilines is 1. The second-order valence-electron chi connectivity index (χ2n) is 12.7. The first-order valence-electron chi connectivity index (χ1n) is 17.7. The Morgan fingerprint density at radius 2 is 1.27 bits per heavy atom. The number of ether oxygens (including phenoxy) is 5. The first-order chi connectivity index (χ1) is 24.3. The van der Waals surface area contributed by atoms with Crippen LogP contribution in [-0.4, -0.2) is 102 Å². The maximum Gasteiger partial charge on any atom is 0.312 e. The van der Waals surface area contributed by atoms with Gasteiger partial charge in [-0.2, -0.15) is 0 Å². The predicted octanol–water partition coefficient (Wildman–Crippen LogP) is 3.15. The molecule has 0 aliphatic heterocycles. The molecule has 1 aromatic carbocycles. The Hall–Kier alpha value is -3.79. The molecule has 0 aliphatic rings. The number of hydrogen-bond donors (Lipinski definition) is 5. The minimum absolute atomic E-state index is 0.0869. The molecule has 0 aliphatic carbocycles. The van der Waals surface area contributed by atoms with Gasteiger partial charge in [0.05, 0.1) is 58.7 Å². The molecule has 15 heteroatoms. The highest BCUT2D eigenvalue weighted by molar-refractivity contribution is 5.96. The van der Waals surface area contributed by atoms with Crippen LogP contribution in [0.5, 0.6) is 0 Å². The second-order valence-corrected chi connectivity index (χ2v) is 12.7. The van der Waals surface area contributed by atoms with Gasteiger partial charge < -0.3 is 50.7 Å². The molecule has 0 heterocycles. The largest absolute Gasteiger partial charge is 0.461 e. The fourth-order valence-electron chi connectivity index (χ4n) is 3.76. The van der Waals surface area contributed by atoms with E-state index in [9.17, 15) is 24.0 Å². The van der Waals surface area contributed by atoms with Crippen LogP contribution in [0.2, 0.25) is 0 Å². The molecule has 5 amide bonds. The minimum atomic E-state index is -0.799. The van der Waals surface area contributed by atoms with Crippen molar-refractivity contribution in [2.75, 3.05) is 71.3 Å². The fourth-order valence-corrected chi connectivity index (χ4v) is 3.76. The van der Waals surface area contributed by atoms with E-state index >= 15 is 0 Å². The van der Waals surface area contributed by atoms with Gasteiger partial charge >= 0.3 is 12.0 Å². The highest BCUT2D eigenvalue weighted by Crippen LogP contribution is 2.11. The normalized spacial score (nSPS) is 11.4. The van der Waals surface area contributed by atoms with Crippen LogP contribution in [0.1, 0.15) is 73.3 Å². The molecule has 1 atom stereocenters. The third-order valence-electron chi connectivity index (χ3n) is 6.76. The van der Waals surface area contributed by atoms with Gasteiger partial charge in [0.15, 0.2) is 0 Å². The van der Waals surface area contributed by atoms with Gasteiger partial charge in [0.25, 0.3) is 0 Å². The average Bonchev–Trinajstić information content (AvgIpc) is 3.08.